The van der Waals surface area contributed by atoms with Crippen LogP contribution in [0.2, 0.25) is 0 Å². The highest BCUT2D eigenvalue weighted by Crippen LogP contribution is 2.47. The maximum Gasteiger partial charge on any atom is 0.143 e. The van der Waals surface area contributed by atoms with E-state index in [0.717, 1.165) is 22.1 Å². The van der Waals surface area contributed by atoms with Gasteiger partial charge in [0.25, 0.3) is 0 Å². The first-order valence-corrected chi connectivity index (χ1v) is 14.1. The van der Waals surface area contributed by atoms with E-state index >= 15 is 0 Å². The molecule has 9 rings (SSSR count). The number of hydrogen-bond donors (Lipinski definition) is 0. The Bertz CT molecular complexity index is 2420. The maximum atomic E-state index is 6.71. The van der Waals surface area contributed by atoms with Crippen LogP contribution in [-0.2, 0) is 0 Å². The Morgan fingerprint density at radius 1 is 0.366 bits per heavy atom. The first kappa shape index (κ1) is 22.4. The SMILES string of the molecule is c1ccc2cc(-c3c4ccccc4c(-c4cccc5c4oc4ccc6ccccc6c45)c4ccccc34)ccc2c1. The Morgan fingerprint density at radius 3 is 1.66 bits per heavy atom. The molecule has 9 aromatic rings. The van der Waals surface area contributed by atoms with Gasteiger partial charge in [0.1, 0.15) is 11.2 Å². The van der Waals surface area contributed by atoms with Gasteiger partial charge in [-0.1, -0.05) is 133 Å². The van der Waals surface area contributed by atoms with Gasteiger partial charge >= 0.3 is 0 Å². The van der Waals surface area contributed by atoms with E-state index in [1.807, 2.05) is 0 Å². The van der Waals surface area contributed by atoms with Crippen molar-refractivity contribution < 1.29 is 4.42 Å². The van der Waals surface area contributed by atoms with E-state index in [2.05, 4.69) is 146 Å². The standard InChI is InChI=1S/C40H24O/c1-2-12-27-24-28(21-20-25(27)10-1)37-30-14-5-7-16-32(30)38(33-17-8-6-15-31(33)37)34-18-9-19-35-39-29-13-4-3-11-26(29)22-23-36(39)41-40(34)35/h1-24H. The monoisotopic (exact) mass is 520 g/mol. The summed E-state index contributed by atoms with van der Waals surface area (Å²) in [6.45, 7) is 0. The first-order valence-electron chi connectivity index (χ1n) is 14.1. The van der Waals surface area contributed by atoms with Crippen LogP contribution in [0.3, 0.4) is 0 Å². The van der Waals surface area contributed by atoms with Crippen molar-refractivity contribution in [1.29, 1.82) is 0 Å². The second-order valence-electron chi connectivity index (χ2n) is 10.8. The Balaban J connectivity index is 1.42. The molecule has 0 amide bonds. The van der Waals surface area contributed by atoms with E-state index in [0.29, 0.717) is 0 Å². The molecule has 1 heterocycles. The second kappa shape index (κ2) is 8.55. The van der Waals surface area contributed by atoms with Crippen molar-refractivity contribution in [2.75, 3.05) is 0 Å². The first-order chi connectivity index (χ1) is 20.3. The van der Waals surface area contributed by atoms with E-state index in [9.17, 15) is 0 Å². The highest BCUT2D eigenvalue weighted by atomic mass is 16.3. The highest BCUT2D eigenvalue weighted by molar-refractivity contribution is 6.26. The third-order valence-electron chi connectivity index (χ3n) is 8.63. The lowest BCUT2D eigenvalue weighted by Gasteiger charge is -2.18. The van der Waals surface area contributed by atoms with Gasteiger partial charge in [-0.3, -0.25) is 0 Å². The largest absolute Gasteiger partial charge is 0.455 e. The summed E-state index contributed by atoms with van der Waals surface area (Å²) >= 11 is 0. The molecule has 1 heteroatoms. The smallest absolute Gasteiger partial charge is 0.143 e. The Kier molecular flexibility index (Phi) is 4.67. The van der Waals surface area contributed by atoms with Crippen molar-refractivity contribution in [2.24, 2.45) is 0 Å². The average molecular weight is 521 g/mol. The summed E-state index contributed by atoms with van der Waals surface area (Å²) in [4.78, 5) is 0. The molecule has 0 unspecified atom stereocenters. The summed E-state index contributed by atoms with van der Waals surface area (Å²) in [5, 5.41) is 12.2. The Labute approximate surface area is 236 Å². The molecule has 0 aliphatic heterocycles. The fourth-order valence-corrected chi connectivity index (χ4v) is 6.84. The minimum atomic E-state index is 0.924. The van der Waals surface area contributed by atoms with Gasteiger partial charge in [-0.25, -0.2) is 0 Å². The molecule has 0 radical (unpaired) electrons. The third kappa shape index (κ3) is 3.24. The molecular formula is C40H24O. The van der Waals surface area contributed by atoms with Crippen LogP contribution >= 0.6 is 0 Å². The van der Waals surface area contributed by atoms with Crippen molar-refractivity contribution >= 4 is 65.0 Å². The molecule has 0 saturated heterocycles. The van der Waals surface area contributed by atoms with Crippen LogP contribution in [0.1, 0.15) is 0 Å². The molecule has 190 valence electrons. The molecule has 0 bridgehead atoms. The Hall–Kier alpha value is -5.40. The molecule has 41 heavy (non-hydrogen) atoms. The van der Waals surface area contributed by atoms with Crippen LogP contribution in [0, 0.1) is 0 Å². The van der Waals surface area contributed by atoms with Gasteiger partial charge in [-0.2, -0.15) is 0 Å². The second-order valence-corrected chi connectivity index (χ2v) is 10.8. The minimum absolute atomic E-state index is 0.924. The van der Waals surface area contributed by atoms with Crippen molar-refractivity contribution in [3.05, 3.63) is 146 Å². The molecule has 0 saturated carbocycles. The van der Waals surface area contributed by atoms with Gasteiger partial charge in [0.15, 0.2) is 0 Å². The van der Waals surface area contributed by atoms with Gasteiger partial charge in [0.2, 0.25) is 0 Å². The quantitative estimate of drug-likeness (QED) is 0.207. The van der Waals surface area contributed by atoms with Crippen LogP contribution in [0.15, 0.2) is 150 Å². The van der Waals surface area contributed by atoms with E-state index in [1.54, 1.807) is 0 Å². The molecule has 0 atom stereocenters. The van der Waals surface area contributed by atoms with Gasteiger partial charge in [-0.15, -0.1) is 0 Å². The molecule has 0 fully saturated rings. The number of benzene rings is 8. The van der Waals surface area contributed by atoms with Crippen molar-refractivity contribution in [3.8, 4) is 22.3 Å². The number of para-hydroxylation sites is 1. The lowest BCUT2D eigenvalue weighted by molar-refractivity contribution is 0.670. The molecule has 0 spiro atoms. The average Bonchev–Trinajstić information content (AvgIpc) is 3.43. The van der Waals surface area contributed by atoms with Gasteiger partial charge in [0.05, 0.1) is 0 Å². The maximum absolute atomic E-state index is 6.71. The molecular weight excluding hydrogens is 496 g/mol. The normalized spacial score (nSPS) is 11.9. The molecule has 0 aliphatic carbocycles. The van der Waals surface area contributed by atoms with E-state index in [4.69, 9.17) is 4.42 Å². The van der Waals surface area contributed by atoms with Crippen LogP contribution in [0.4, 0.5) is 0 Å². The van der Waals surface area contributed by atoms with Gasteiger partial charge in [0, 0.05) is 21.9 Å². The molecule has 0 N–H and O–H groups in total. The van der Waals surface area contributed by atoms with Crippen LogP contribution < -0.4 is 0 Å². The Morgan fingerprint density at radius 2 is 0.927 bits per heavy atom. The predicted octanol–water partition coefficient (Wildman–Crippen LogP) is 11.5. The van der Waals surface area contributed by atoms with Crippen LogP contribution in [0.5, 0.6) is 0 Å². The zero-order valence-corrected chi connectivity index (χ0v) is 22.3. The van der Waals surface area contributed by atoms with E-state index < -0.39 is 0 Å². The topological polar surface area (TPSA) is 13.1 Å². The van der Waals surface area contributed by atoms with Crippen LogP contribution in [-0.4, -0.2) is 0 Å². The summed E-state index contributed by atoms with van der Waals surface area (Å²) in [5.74, 6) is 0. The summed E-state index contributed by atoms with van der Waals surface area (Å²) in [5.41, 5.74) is 6.71. The molecule has 1 nitrogen and oxygen atoms in total. The van der Waals surface area contributed by atoms with E-state index in [-0.39, 0.29) is 0 Å². The fourth-order valence-electron chi connectivity index (χ4n) is 6.84. The fraction of sp³-hybridized carbons (Fsp3) is 0. The molecule has 0 aliphatic rings. The molecule has 1 aromatic heterocycles. The van der Waals surface area contributed by atoms with Gasteiger partial charge in [-0.05, 0) is 66.3 Å². The lowest BCUT2D eigenvalue weighted by Crippen LogP contribution is -1.91. The summed E-state index contributed by atoms with van der Waals surface area (Å²) in [7, 11) is 0. The highest BCUT2D eigenvalue weighted by Gasteiger charge is 2.20. The summed E-state index contributed by atoms with van der Waals surface area (Å²) in [6, 6.07) is 52.5. The number of rotatable bonds is 2. The zero-order chi connectivity index (χ0) is 26.9. The number of hydrogen-bond acceptors (Lipinski definition) is 1. The number of furan rings is 1. The zero-order valence-electron chi connectivity index (χ0n) is 22.3. The number of fused-ring (bicyclic) bond motifs is 8. The minimum Gasteiger partial charge on any atom is -0.455 e. The van der Waals surface area contributed by atoms with E-state index in [1.165, 1.54) is 65.2 Å². The molecule has 8 aromatic carbocycles. The predicted molar refractivity (Wildman–Crippen MR) is 175 cm³/mol. The lowest BCUT2D eigenvalue weighted by atomic mass is 9.85. The van der Waals surface area contributed by atoms with Crippen molar-refractivity contribution in [2.45, 2.75) is 0 Å². The van der Waals surface area contributed by atoms with Crippen molar-refractivity contribution in [1.82, 2.24) is 0 Å². The van der Waals surface area contributed by atoms with Crippen molar-refractivity contribution in [3.63, 3.8) is 0 Å². The summed E-state index contributed by atoms with van der Waals surface area (Å²) < 4.78 is 6.71. The van der Waals surface area contributed by atoms with Crippen LogP contribution in [0.25, 0.3) is 87.3 Å². The third-order valence-corrected chi connectivity index (χ3v) is 8.63. The summed E-state index contributed by atoms with van der Waals surface area (Å²) in [6.07, 6.45) is 0. The van der Waals surface area contributed by atoms with Gasteiger partial charge < -0.3 is 4.42 Å².